The number of benzene rings is 1. The van der Waals surface area contributed by atoms with Crippen molar-refractivity contribution in [3.63, 3.8) is 0 Å². The molecule has 0 bridgehead atoms. The van der Waals surface area contributed by atoms with Crippen LogP contribution >= 0.6 is 0 Å². The number of nitrogens with one attached hydrogen (secondary N) is 1. The maximum Gasteiger partial charge on any atom is 0.240 e. The van der Waals surface area contributed by atoms with E-state index in [0.29, 0.717) is 18.8 Å². The van der Waals surface area contributed by atoms with Crippen molar-refractivity contribution >= 4 is 15.9 Å². The lowest BCUT2D eigenvalue weighted by Crippen LogP contribution is -2.49. The molecule has 146 valence electrons. The fourth-order valence-electron chi connectivity index (χ4n) is 3.02. The highest BCUT2D eigenvalue weighted by Crippen LogP contribution is 2.13. The second-order valence-corrected chi connectivity index (χ2v) is 9.14. The lowest BCUT2D eigenvalue weighted by Gasteiger charge is -2.35. The van der Waals surface area contributed by atoms with Crippen molar-refractivity contribution in [2.24, 2.45) is 5.92 Å². The molecule has 0 unspecified atom stereocenters. The number of aryl methyl sites for hydroxylation is 1. The molecule has 0 radical (unpaired) electrons. The number of carbonyl (C=O) groups is 1. The van der Waals surface area contributed by atoms with E-state index in [2.05, 4.69) is 23.5 Å². The summed E-state index contributed by atoms with van der Waals surface area (Å²) in [5, 5.41) is 0. The fourth-order valence-corrected chi connectivity index (χ4v) is 3.75. The molecule has 1 aliphatic heterocycles. The van der Waals surface area contributed by atoms with Crippen LogP contribution in [0.25, 0.3) is 0 Å². The Kier molecular flexibility index (Phi) is 7.61. The standard InChI is InChI=1S/C19H31N3O3S/c1-16(2)10-11-21-12-14-22(15-13-21)19(23)9-6-17-4-7-18(8-5-17)26(24,25)20-3/h4-5,7-8,16,20H,6,9-15H2,1-3H3. The van der Waals surface area contributed by atoms with Crippen LogP contribution in [0.3, 0.4) is 0 Å². The number of piperazine rings is 1. The first-order valence-corrected chi connectivity index (χ1v) is 10.8. The lowest BCUT2D eigenvalue weighted by atomic mass is 10.1. The van der Waals surface area contributed by atoms with E-state index in [4.69, 9.17) is 0 Å². The number of hydrogen-bond donors (Lipinski definition) is 1. The molecular weight excluding hydrogens is 350 g/mol. The molecule has 1 fully saturated rings. The first-order valence-electron chi connectivity index (χ1n) is 9.34. The molecule has 0 aromatic heterocycles. The molecule has 1 heterocycles. The first-order chi connectivity index (χ1) is 12.3. The van der Waals surface area contributed by atoms with Crippen molar-refractivity contribution in [3.05, 3.63) is 29.8 Å². The number of nitrogens with zero attached hydrogens (tertiary/aromatic N) is 2. The van der Waals surface area contributed by atoms with Gasteiger partial charge in [-0.25, -0.2) is 13.1 Å². The molecule has 1 N–H and O–H groups in total. The minimum atomic E-state index is -3.41. The van der Waals surface area contributed by atoms with Gasteiger partial charge < -0.3 is 4.90 Å². The Balaban J connectivity index is 1.77. The molecule has 0 atom stereocenters. The van der Waals surface area contributed by atoms with Gasteiger partial charge in [0.15, 0.2) is 0 Å². The Morgan fingerprint density at radius 2 is 1.73 bits per heavy atom. The highest BCUT2D eigenvalue weighted by Gasteiger charge is 2.20. The number of carbonyl (C=O) groups excluding carboxylic acids is 1. The summed E-state index contributed by atoms with van der Waals surface area (Å²) in [4.78, 5) is 17.0. The molecule has 0 spiro atoms. The number of hydrogen-bond acceptors (Lipinski definition) is 4. The van der Waals surface area contributed by atoms with Crippen LogP contribution < -0.4 is 4.72 Å². The summed E-state index contributed by atoms with van der Waals surface area (Å²) < 4.78 is 25.7. The zero-order chi connectivity index (χ0) is 19.2. The first kappa shape index (κ1) is 20.9. The fraction of sp³-hybridized carbons (Fsp3) is 0.632. The molecule has 6 nitrogen and oxygen atoms in total. The Morgan fingerprint density at radius 1 is 1.12 bits per heavy atom. The minimum Gasteiger partial charge on any atom is -0.340 e. The number of amides is 1. The Morgan fingerprint density at radius 3 is 2.27 bits per heavy atom. The van der Waals surface area contributed by atoms with E-state index in [1.54, 1.807) is 24.3 Å². The van der Waals surface area contributed by atoms with Gasteiger partial charge in [0.1, 0.15) is 0 Å². The molecule has 2 rings (SSSR count). The quantitative estimate of drug-likeness (QED) is 0.744. The summed E-state index contributed by atoms with van der Waals surface area (Å²) in [7, 11) is -2.02. The average Bonchev–Trinajstić information content (AvgIpc) is 2.65. The summed E-state index contributed by atoms with van der Waals surface area (Å²) in [6.07, 6.45) is 2.30. The zero-order valence-electron chi connectivity index (χ0n) is 16.1. The minimum absolute atomic E-state index is 0.181. The highest BCUT2D eigenvalue weighted by atomic mass is 32.2. The Bertz CT molecular complexity index is 678. The molecule has 1 aromatic rings. The van der Waals surface area contributed by atoms with Crippen LogP contribution in [0.5, 0.6) is 0 Å². The molecule has 0 aliphatic carbocycles. The maximum atomic E-state index is 12.4. The van der Waals surface area contributed by atoms with Gasteiger partial charge in [0.25, 0.3) is 0 Å². The van der Waals surface area contributed by atoms with E-state index in [1.807, 2.05) is 4.90 Å². The van der Waals surface area contributed by atoms with Gasteiger partial charge in [0.2, 0.25) is 15.9 Å². The van der Waals surface area contributed by atoms with Gasteiger partial charge >= 0.3 is 0 Å². The van der Waals surface area contributed by atoms with Crippen LogP contribution in [0.1, 0.15) is 32.3 Å². The molecule has 1 aromatic carbocycles. The molecule has 1 saturated heterocycles. The largest absolute Gasteiger partial charge is 0.340 e. The van der Waals surface area contributed by atoms with Crippen molar-refractivity contribution in [2.75, 3.05) is 39.8 Å². The van der Waals surface area contributed by atoms with Crippen molar-refractivity contribution in [3.8, 4) is 0 Å². The summed E-state index contributed by atoms with van der Waals surface area (Å²) in [5.74, 6) is 0.893. The van der Waals surface area contributed by atoms with Gasteiger partial charge in [-0.1, -0.05) is 26.0 Å². The smallest absolute Gasteiger partial charge is 0.240 e. The van der Waals surface area contributed by atoms with Crippen LogP contribution in [-0.2, 0) is 21.2 Å². The Hall–Kier alpha value is -1.44. The van der Waals surface area contributed by atoms with Gasteiger partial charge in [-0.15, -0.1) is 0 Å². The molecule has 26 heavy (non-hydrogen) atoms. The predicted octanol–water partition coefficient (Wildman–Crippen LogP) is 1.72. The van der Waals surface area contributed by atoms with E-state index < -0.39 is 10.0 Å². The zero-order valence-corrected chi connectivity index (χ0v) is 16.9. The predicted molar refractivity (Wildman–Crippen MR) is 103 cm³/mol. The second-order valence-electron chi connectivity index (χ2n) is 7.26. The van der Waals surface area contributed by atoms with Crippen molar-refractivity contribution in [1.29, 1.82) is 0 Å². The lowest BCUT2D eigenvalue weighted by molar-refractivity contribution is -0.132. The molecule has 1 aliphatic rings. The normalized spacial score (nSPS) is 16.2. The second kappa shape index (κ2) is 9.48. The van der Waals surface area contributed by atoms with Gasteiger partial charge in [-0.2, -0.15) is 0 Å². The third kappa shape index (κ3) is 6.07. The third-order valence-electron chi connectivity index (χ3n) is 4.88. The van der Waals surface area contributed by atoms with E-state index in [-0.39, 0.29) is 10.8 Å². The van der Waals surface area contributed by atoms with Gasteiger partial charge in [-0.05, 0) is 50.0 Å². The summed E-state index contributed by atoms with van der Waals surface area (Å²) in [5.41, 5.74) is 0.976. The van der Waals surface area contributed by atoms with E-state index in [1.165, 1.54) is 13.5 Å². The van der Waals surface area contributed by atoms with E-state index >= 15 is 0 Å². The van der Waals surface area contributed by atoms with Gasteiger partial charge in [0.05, 0.1) is 4.90 Å². The van der Waals surface area contributed by atoms with E-state index in [0.717, 1.165) is 38.3 Å². The van der Waals surface area contributed by atoms with E-state index in [9.17, 15) is 13.2 Å². The van der Waals surface area contributed by atoms with Crippen LogP contribution in [0.15, 0.2) is 29.2 Å². The van der Waals surface area contributed by atoms with Crippen LogP contribution in [0.4, 0.5) is 0 Å². The molecule has 7 heteroatoms. The Labute approximate surface area is 157 Å². The van der Waals surface area contributed by atoms with Crippen molar-refractivity contribution < 1.29 is 13.2 Å². The molecule has 1 amide bonds. The number of sulfonamides is 1. The summed E-state index contributed by atoms with van der Waals surface area (Å²) in [6, 6.07) is 6.72. The van der Waals surface area contributed by atoms with Crippen LogP contribution in [0, 0.1) is 5.92 Å². The van der Waals surface area contributed by atoms with Gasteiger partial charge in [0, 0.05) is 32.6 Å². The van der Waals surface area contributed by atoms with Crippen molar-refractivity contribution in [1.82, 2.24) is 14.5 Å². The van der Waals surface area contributed by atoms with Crippen molar-refractivity contribution in [2.45, 2.75) is 38.0 Å². The maximum absolute atomic E-state index is 12.4. The number of rotatable bonds is 8. The summed E-state index contributed by atoms with van der Waals surface area (Å²) >= 11 is 0. The topological polar surface area (TPSA) is 69.7 Å². The monoisotopic (exact) mass is 381 g/mol. The van der Waals surface area contributed by atoms with Gasteiger partial charge in [-0.3, -0.25) is 9.69 Å². The SMILES string of the molecule is CNS(=O)(=O)c1ccc(CCC(=O)N2CCN(CCC(C)C)CC2)cc1. The molecular formula is C19H31N3O3S. The summed E-state index contributed by atoms with van der Waals surface area (Å²) in [6.45, 7) is 9.10. The van der Waals surface area contributed by atoms with Crippen LogP contribution in [-0.4, -0.2) is 63.9 Å². The average molecular weight is 382 g/mol. The third-order valence-corrected chi connectivity index (χ3v) is 6.31. The van der Waals surface area contributed by atoms with Crippen LogP contribution in [0.2, 0.25) is 0 Å². The highest BCUT2D eigenvalue weighted by molar-refractivity contribution is 7.89. The molecule has 0 saturated carbocycles.